The molecule has 0 aliphatic carbocycles. The Balaban J connectivity index is 1.57. The first-order chi connectivity index (χ1) is 16.4. The van der Waals surface area contributed by atoms with Crippen LogP contribution in [0.5, 0.6) is 5.75 Å². The third-order valence-electron chi connectivity index (χ3n) is 5.41. The maximum atomic E-state index is 10.9. The second-order valence-electron chi connectivity index (χ2n) is 8.21. The van der Waals surface area contributed by atoms with Gasteiger partial charge in [0.15, 0.2) is 17.1 Å². The lowest BCUT2D eigenvalue weighted by atomic mass is 10.0. The zero-order chi connectivity index (χ0) is 24.1. The summed E-state index contributed by atoms with van der Waals surface area (Å²) in [7, 11) is 0. The minimum atomic E-state index is -0.396. The maximum Gasteiger partial charge on any atom is 0.269 e. The van der Waals surface area contributed by atoms with Crippen molar-refractivity contribution in [1.29, 1.82) is 0 Å². The molecule has 1 aromatic heterocycles. The summed E-state index contributed by atoms with van der Waals surface area (Å²) in [6.45, 7) is 6.29. The second kappa shape index (κ2) is 10.5. The Morgan fingerprint density at radius 2 is 1.62 bits per heavy atom. The van der Waals surface area contributed by atoms with Gasteiger partial charge < -0.3 is 4.74 Å². The number of nitro benzene ring substituents is 1. The number of thioether (sulfide) groups is 1. The molecule has 174 valence electrons. The van der Waals surface area contributed by atoms with Crippen LogP contribution in [0.4, 0.5) is 5.69 Å². The Labute approximate surface area is 203 Å². The maximum absolute atomic E-state index is 10.9. The van der Waals surface area contributed by atoms with Gasteiger partial charge in [-0.1, -0.05) is 68.1 Å². The number of hydrogen-bond acceptors (Lipinski definition) is 6. The van der Waals surface area contributed by atoms with E-state index in [1.54, 1.807) is 12.1 Å². The summed E-state index contributed by atoms with van der Waals surface area (Å²) in [4.78, 5) is 10.5. The Morgan fingerprint density at radius 1 is 0.941 bits per heavy atom. The molecule has 0 saturated carbocycles. The third-order valence-corrected chi connectivity index (χ3v) is 6.41. The van der Waals surface area contributed by atoms with Crippen LogP contribution >= 0.6 is 11.8 Å². The molecule has 0 radical (unpaired) electrons. The van der Waals surface area contributed by atoms with Crippen LogP contribution in [-0.4, -0.2) is 19.7 Å². The Hall–Kier alpha value is -3.65. The van der Waals surface area contributed by atoms with Crippen molar-refractivity contribution >= 4 is 17.4 Å². The summed E-state index contributed by atoms with van der Waals surface area (Å²) in [5.74, 6) is 2.54. The van der Waals surface area contributed by atoms with Crippen LogP contribution in [0.1, 0.15) is 49.7 Å². The Kier molecular flexibility index (Phi) is 7.27. The van der Waals surface area contributed by atoms with Gasteiger partial charge in [-0.15, -0.1) is 10.2 Å². The fourth-order valence-corrected chi connectivity index (χ4v) is 4.42. The molecule has 34 heavy (non-hydrogen) atoms. The van der Waals surface area contributed by atoms with E-state index in [1.165, 1.54) is 29.5 Å². The molecule has 0 saturated heterocycles. The number of benzene rings is 3. The molecule has 3 aromatic carbocycles. The van der Waals surface area contributed by atoms with Crippen molar-refractivity contribution < 1.29 is 9.66 Å². The van der Waals surface area contributed by atoms with E-state index in [-0.39, 0.29) is 11.8 Å². The summed E-state index contributed by atoms with van der Waals surface area (Å²) < 4.78 is 8.22. The van der Waals surface area contributed by atoms with Gasteiger partial charge in [0, 0.05) is 23.6 Å². The van der Waals surface area contributed by atoms with E-state index in [9.17, 15) is 10.1 Å². The summed E-state index contributed by atoms with van der Waals surface area (Å²) in [6, 6.07) is 24.6. The predicted octanol–water partition coefficient (Wildman–Crippen LogP) is 6.73. The number of aromatic nitrogens is 3. The van der Waals surface area contributed by atoms with E-state index in [0.717, 1.165) is 22.2 Å². The number of hydrogen-bond donors (Lipinski definition) is 0. The van der Waals surface area contributed by atoms with Crippen molar-refractivity contribution in [3.8, 4) is 11.4 Å². The van der Waals surface area contributed by atoms with Crippen LogP contribution in [0.25, 0.3) is 5.69 Å². The van der Waals surface area contributed by atoms with Crippen LogP contribution in [0.15, 0.2) is 84.0 Å². The highest BCUT2D eigenvalue weighted by atomic mass is 32.2. The topological polar surface area (TPSA) is 83.1 Å². The molecule has 4 rings (SSSR count). The molecule has 1 heterocycles. The first kappa shape index (κ1) is 23.5. The summed E-state index contributed by atoms with van der Waals surface area (Å²) in [6.07, 6.45) is -0.327. The zero-order valence-electron chi connectivity index (χ0n) is 19.3. The monoisotopic (exact) mass is 474 g/mol. The lowest BCUT2D eigenvalue weighted by Gasteiger charge is -2.17. The lowest BCUT2D eigenvalue weighted by Crippen LogP contribution is -2.11. The fourth-order valence-electron chi connectivity index (χ4n) is 3.51. The van der Waals surface area contributed by atoms with Crippen molar-refractivity contribution in [3.05, 3.63) is 106 Å². The number of ether oxygens (including phenoxy) is 1. The number of para-hydroxylation sites is 1. The van der Waals surface area contributed by atoms with Gasteiger partial charge in [-0.2, -0.15) is 0 Å². The van der Waals surface area contributed by atoms with Gasteiger partial charge in [-0.05, 0) is 48.2 Å². The number of non-ortho nitro benzene ring substituents is 1. The van der Waals surface area contributed by atoms with E-state index in [2.05, 4.69) is 36.2 Å². The van der Waals surface area contributed by atoms with Crippen LogP contribution < -0.4 is 4.74 Å². The summed E-state index contributed by atoms with van der Waals surface area (Å²) >= 11 is 1.52. The Morgan fingerprint density at radius 3 is 2.24 bits per heavy atom. The highest BCUT2D eigenvalue weighted by Gasteiger charge is 2.21. The van der Waals surface area contributed by atoms with Crippen molar-refractivity contribution in [2.24, 2.45) is 0 Å². The summed E-state index contributed by atoms with van der Waals surface area (Å²) in [5, 5.41) is 20.5. The molecule has 0 fully saturated rings. The molecular weight excluding hydrogens is 448 g/mol. The number of nitrogens with zero attached hydrogens (tertiary/aromatic N) is 4. The van der Waals surface area contributed by atoms with E-state index < -0.39 is 4.92 Å². The molecule has 4 aromatic rings. The largest absolute Gasteiger partial charge is 0.483 e. The van der Waals surface area contributed by atoms with Gasteiger partial charge in [0.25, 0.3) is 5.69 Å². The molecule has 0 spiro atoms. The van der Waals surface area contributed by atoms with Gasteiger partial charge in [0.1, 0.15) is 5.75 Å². The van der Waals surface area contributed by atoms with E-state index in [1.807, 2.05) is 54.0 Å². The molecule has 0 bridgehead atoms. The van der Waals surface area contributed by atoms with Gasteiger partial charge in [-0.25, -0.2) is 0 Å². The molecular formula is C26H26N4O3S. The fraction of sp³-hybridized carbons (Fsp3) is 0.231. The molecule has 0 amide bonds. The van der Waals surface area contributed by atoms with Crippen molar-refractivity contribution in [2.45, 2.75) is 43.7 Å². The van der Waals surface area contributed by atoms with E-state index in [0.29, 0.717) is 17.5 Å². The van der Waals surface area contributed by atoms with Gasteiger partial charge in [0.05, 0.1) is 4.92 Å². The zero-order valence-corrected chi connectivity index (χ0v) is 20.1. The first-order valence-corrected chi connectivity index (χ1v) is 12.0. The van der Waals surface area contributed by atoms with Crippen LogP contribution in [-0.2, 0) is 5.75 Å². The number of rotatable bonds is 9. The minimum absolute atomic E-state index is 0.0795. The van der Waals surface area contributed by atoms with Crippen molar-refractivity contribution in [3.63, 3.8) is 0 Å². The standard InChI is InChI=1S/C26H26N4O3S/c1-18(2)21-11-15-24(16-12-21)33-19(3)25-27-28-26(29(25)22-7-5-4-6-8-22)34-17-20-9-13-23(14-10-20)30(31)32/h4-16,18-19H,17H2,1-3H3. The average Bonchev–Trinajstić information content (AvgIpc) is 3.28. The highest BCUT2D eigenvalue weighted by molar-refractivity contribution is 7.98. The van der Waals surface area contributed by atoms with Crippen LogP contribution in [0.2, 0.25) is 0 Å². The van der Waals surface area contributed by atoms with Crippen LogP contribution in [0, 0.1) is 10.1 Å². The van der Waals surface area contributed by atoms with Crippen molar-refractivity contribution in [1.82, 2.24) is 14.8 Å². The predicted molar refractivity (Wildman–Crippen MR) is 134 cm³/mol. The first-order valence-electron chi connectivity index (χ1n) is 11.1. The smallest absolute Gasteiger partial charge is 0.269 e. The molecule has 8 heteroatoms. The third kappa shape index (κ3) is 5.46. The molecule has 0 aliphatic rings. The molecule has 1 unspecified atom stereocenters. The second-order valence-corrected chi connectivity index (χ2v) is 9.15. The lowest BCUT2D eigenvalue weighted by molar-refractivity contribution is -0.384. The van der Waals surface area contributed by atoms with Gasteiger partial charge in [-0.3, -0.25) is 14.7 Å². The SMILES string of the molecule is CC(C)c1ccc(OC(C)c2nnc(SCc3ccc([N+](=O)[O-])cc3)n2-c2ccccc2)cc1. The van der Waals surface area contributed by atoms with Crippen LogP contribution in [0.3, 0.4) is 0 Å². The molecule has 0 aliphatic heterocycles. The van der Waals surface area contributed by atoms with E-state index in [4.69, 9.17) is 4.74 Å². The molecule has 1 atom stereocenters. The van der Waals surface area contributed by atoms with Crippen molar-refractivity contribution in [2.75, 3.05) is 0 Å². The van der Waals surface area contributed by atoms with Gasteiger partial charge in [0.2, 0.25) is 0 Å². The molecule has 7 nitrogen and oxygen atoms in total. The number of nitro groups is 1. The Bertz CT molecular complexity index is 1240. The average molecular weight is 475 g/mol. The normalized spacial score (nSPS) is 12.0. The highest BCUT2D eigenvalue weighted by Crippen LogP contribution is 2.30. The quantitative estimate of drug-likeness (QED) is 0.152. The van der Waals surface area contributed by atoms with E-state index >= 15 is 0 Å². The minimum Gasteiger partial charge on any atom is -0.483 e. The van der Waals surface area contributed by atoms with Gasteiger partial charge >= 0.3 is 0 Å². The molecule has 0 N–H and O–H groups in total. The summed E-state index contributed by atoms with van der Waals surface area (Å²) in [5.41, 5.74) is 3.25.